The lowest BCUT2D eigenvalue weighted by Gasteiger charge is -2.34. The van der Waals surface area contributed by atoms with Crippen LogP contribution in [-0.4, -0.2) is 45.8 Å². The van der Waals surface area contributed by atoms with Crippen molar-refractivity contribution in [3.8, 4) is 0 Å². The highest BCUT2D eigenvalue weighted by Crippen LogP contribution is 2.25. The first-order valence-corrected chi connectivity index (χ1v) is 8.89. The van der Waals surface area contributed by atoms with Gasteiger partial charge in [-0.3, -0.25) is 9.58 Å². The Kier molecular flexibility index (Phi) is 4.44. The molecule has 122 valence electrons. The van der Waals surface area contributed by atoms with E-state index in [1.165, 1.54) is 50.2 Å². The van der Waals surface area contributed by atoms with Gasteiger partial charge in [0.15, 0.2) is 0 Å². The molecule has 2 aromatic rings. The Morgan fingerprint density at radius 1 is 1.00 bits per heavy atom. The summed E-state index contributed by atoms with van der Waals surface area (Å²) in [6.07, 6.45) is 5.92. The van der Waals surface area contributed by atoms with Gasteiger partial charge in [-0.2, -0.15) is 5.10 Å². The van der Waals surface area contributed by atoms with Crippen LogP contribution in [0.1, 0.15) is 36.6 Å². The van der Waals surface area contributed by atoms with Gasteiger partial charge in [0.25, 0.3) is 0 Å². The molecule has 4 rings (SSSR count). The van der Waals surface area contributed by atoms with E-state index in [-0.39, 0.29) is 0 Å². The topological polar surface area (TPSA) is 24.3 Å². The zero-order valence-electron chi connectivity index (χ0n) is 13.8. The summed E-state index contributed by atoms with van der Waals surface area (Å²) in [5.74, 6) is 0. The molecule has 4 nitrogen and oxygen atoms in total. The Balaban J connectivity index is 1.43. The summed E-state index contributed by atoms with van der Waals surface area (Å²) >= 11 is 0. The molecule has 1 saturated heterocycles. The molecule has 2 aliphatic rings. The third-order valence-electron chi connectivity index (χ3n) is 5.18. The summed E-state index contributed by atoms with van der Waals surface area (Å²) in [7, 11) is 0. The lowest BCUT2D eigenvalue weighted by molar-refractivity contribution is 0.152. The first-order chi connectivity index (χ1) is 11.4. The number of nitrogens with zero attached hydrogens (tertiary/aromatic N) is 4. The fourth-order valence-electron chi connectivity index (χ4n) is 3.98. The van der Waals surface area contributed by atoms with Crippen LogP contribution in [0, 0.1) is 0 Å². The van der Waals surface area contributed by atoms with E-state index in [0.29, 0.717) is 6.04 Å². The lowest BCUT2D eigenvalue weighted by atomic mass is 10.1. The number of hydrogen-bond donors (Lipinski definition) is 0. The van der Waals surface area contributed by atoms with Gasteiger partial charge in [-0.05, 0) is 44.0 Å². The number of fused-ring (bicyclic) bond motifs is 1. The summed E-state index contributed by atoms with van der Waals surface area (Å²) in [6, 6.07) is 13.5. The van der Waals surface area contributed by atoms with Crippen molar-refractivity contribution < 1.29 is 0 Å². The van der Waals surface area contributed by atoms with E-state index >= 15 is 0 Å². The fourth-order valence-corrected chi connectivity index (χ4v) is 3.98. The third kappa shape index (κ3) is 3.48. The van der Waals surface area contributed by atoms with E-state index in [4.69, 9.17) is 0 Å². The molecule has 0 saturated carbocycles. The van der Waals surface area contributed by atoms with Crippen molar-refractivity contribution in [2.24, 2.45) is 0 Å². The predicted molar refractivity (Wildman–Crippen MR) is 92.1 cm³/mol. The molecule has 0 radical (unpaired) electrons. The van der Waals surface area contributed by atoms with Gasteiger partial charge in [0.05, 0.1) is 11.7 Å². The minimum Gasteiger partial charge on any atom is -0.303 e. The Bertz CT molecular complexity index is 615. The van der Waals surface area contributed by atoms with Gasteiger partial charge in [0, 0.05) is 32.4 Å². The van der Waals surface area contributed by atoms with Crippen LogP contribution in [0.2, 0.25) is 0 Å². The number of hydrogen-bond acceptors (Lipinski definition) is 3. The maximum absolute atomic E-state index is 4.60. The zero-order chi connectivity index (χ0) is 15.5. The first kappa shape index (κ1) is 14.9. The molecule has 23 heavy (non-hydrogen) atoms. The van der Waals surface area contributed by atoms with Crippen LogP contribution in [0.15, 0.2) is 42.6 Å². The second-order valence-electron chi connectivity index (χ2n) is 6.91. The van der Waals surface area contributed by atoms with Crippen molar-refractivity contribution in [2.45, 2.75) is 38.4 Å². The molecular formula is C19H26N4. The number of aromatic nitrogens is 2. The lowest BCUT2D eigenvalue weighted by Crippen LogP contribution is -2.38. The van der Waals surface area contributed by atoms with Gasteiger partial charge < -0.3 is 4.90 Å². The Hall–Kier alpha value is -1.65. The maximum atomic E-state index is 4.60. The highest BCUT2D eigenvalue weighted by atomic mass is 15.4. The monoisotopic (exact) mass is 310 g/mol. The molecule has 1 aromatic heterocycles. The minimum absolute atomic E-state index is 0.512. The summed E-state index contributed by atoms with van der Waals surface area (Å²) in [5, 5.41) is 4.60. The van der Waals surface area contributed by atoms with Crippen molar-refractivity contribution in [1.29, 1.82) is 0 Å². The standard InChI is InChI=1S/C19H26N4/c1-2-6-17(7-3-1)14-22-15-18-8-10-20-23(18)19(16-22)9-13-21-11-4-5-12-21/h1-3,6-8,10,19H,4-5,9,11-16H2/t19-/m1/s1. The van der Waals surface area contributed by atoms with Crippen molar-refractivity contribution in [2.75, 3.05) is 26.2 Å². The molecule has 4 heteroatoms. The normalized spacial score (nSPS) is 22.3. The van der Waals surface area contributed by atoms with E-state index in [0.717, 1.165) is 19.6 Å². The van der Waals surface area contributed by atoms with Crippen molar-refractivity contribution in [1.82, 2.24) is 19.6 Å². The van der Waals surface area contributed by atoms with Gasteiger partial charge in [0.2, 0.25) is 0 Å². The van der Waals surface area contributed by atoms with E-state index in [1.54, 1.807) is 0 Å². The second-order valence-corrected chi connectivity index (χ2v) is 6.91. The first-order valence-electron chi connectivity index (χ1n) is 8.89. The van der Waals surface area contributed by atoms with Gasteiger partial charge >= 0.3 is 0 Å². The van der Waals surface area contributed by atoms with Crippen molar-refractivity contribution in [3.05, 3.63) is 53.9 Å². The third-order valence-corrected chi connectivity index (χ3v) is 5.18. The smallest absolute Gasteiger partial charge is 0.0662 e. The van der Waals surface area contributed by atoms with Gasteiger partial charge in [-0.25, -0.2) is 0 Å². The number of rotatable bonds is 5. The molecule has 1 aromatic carbocycles. The Labute approximate surface area is 138 Å². The van der Waals surface area contributed by atoms with Crippen LogP contribution in [-0.2, 0) is 13.1 Å². The molecule has 1 atom stereocenters. The highest BCUT2D eigenvalue weighted by molar-refractivity contribution is 5.15. The van der Waals surface area contributed by atoms with Crippen LogP contribution < -0.4 is 0 Å². The molecule has 0 unspecified atom stereocenters. The van der Waals surface area contributed by atoms with Gasteiger partial charge in [-0.15, -0.1) is 0 Å². The molecule has 0 spiro atoms. The predicted octanol–water partition coefficient (Wildman–Crippen LogP) is 2.93. The van der Waals surface area contributed by atoms with Crippen LogP contribution in [0.3, 0.4) is 0 Å². The fraction of sp³-hybridized carbons (Fsp3) is 0.526. The van der Waals surface area contributed by atoms with Crippen LogP contribution in [0.25, 0.3) is 0 Å². The van der Waals surface area contributed by atoms with Crippen LogP contribution in [0.4, 0.5) is 0 Å². The molecule has 0 amide bonds. The average molecular weight is 310 g/mol. The molecule has 0 bridgehead atoms. The van der Waals surface area contributed by atoms with Crippen LogP contribution >= 0.6 is 0 Å². The summed E-state index contributed by atoms with van der Waals surface area (Å²) in [6.45, 7) is 6.93. The molecule has 2 aliphatic heterocycles. The molecular weight excluding hydrogens is 284 g/mol. The zero-order valence-corrected chi connectivity index (χ0v) is 13.8. The molecule has 3 heterocycles. The van der Waals surface area contributed by atoms with Gasteiger partial charge in [-0.1, -0.05) is 30.3 Å². The minimum atomic E-state index is 0.512. The largest absolute Gasteiger partial charge is 0.303 e. The van der Waals surface area contributed by atoms with Gasteiger partial charge in [0.1, 0.15) is 0 Å². The second kappa shape index (κ2) is 6.85. The summed E-state index contributed by atoms with van der Waals surface area (Å²) < 4.78 is 2.28. The summed E-state index contributed by atoms with van der Waals surface area (Å²) in [4.78, 5) is 5.18. The number of likely N-dealkylation sites (tertiary alicyclic amines) is 1. The Morgan fingerprint density at radius 3 is 2.65 bits per heavy atom. The summed E-state index contributed by atoms with van der Waals surface area (Å²) in [5.41, 5.74) is 2.76. The molecule has 0 N–H and O–H groups in total. The number of benzene rings is 1. The van der Waals surface area contributed by atoms with E-state index in [2.05, 4.69) is 56.0 Å². The SMILES string of the molecule is c1ccc(CN2Cc3ccnn3[C@H](CCN3CCCC3)C2)cc1. The molecule has 0 aliphatic carbocycles. The van der Waals surface area contributed by atoms with E-state index in [9.17, 15) is 0 Å². The average Bonchev–Trinajstić information content (AvgIpc) is 3.25. The van der Waals surface area contributed by atoms with E-state index in [1.807, 2.05) is 6.20 Å². The quantitative estimate of drug-likeness (QED) is 0.848. The molecule has 1 fully saturated rings. The Morgan fingerprint density at radius 2 is 1.83 bits per heavy atom. The van der Waals surface area contributed by atoms with Crippen LogP contribution in [0.5, 0.6) is 0 Å². The maximum Gasteiger partial charge on any atom is 0.0662 e. The van der Waals surface area contributed by atoms with Crippen molar-refractivity contribution in [3.63, 3.8) is 0 Å². The highest BCUT2D eigenvalue weighted by Gasteiger charge is 2.26. The van der Waals surface area contributed by atoms with E-state index < -0.39 is 0 Å². The van der Waals surface area contributed by atoms with Crippen molar-refractivity contribution >= 4 is 0 Å².